The molecule has 2 heterocycles. The van der Waals surface area contributed by atoms with Crippen LogP contribution in [0.3, 0.4) is 0 Å². The number of carbonyl (C=O) groups is 1. The summed E-state index contributed by atoms with van der Waals surface area (Å²) >= 11 is 11.9. The number of H-pyrrole nitrogens is 1. The van der Waals surface area contributed by atoms with Crippen molar-refractivity contribution in [2.75, 3.05) is 7.11 Å². The summed E-state index contributed by atoms with van der Waals surface area (Å²) in [6, 6.07) is 3.81. The van der Waals surface area contributed by atoms with Crippen molar-refractivity contribution < 1.29 is 37.9 Å². The first-order valence-corrected chi connectivity index (χ1v) is 12.1. The van der Waals surface area contributed by atoms with Crippen molar-refractivity contribution in [3.8, 4) is 5.75 Å². The molecule has 7 atom stereocenters. The number of hydrogen-bond acceptors (Lipinski definition) is 10. The maximum absolute atomic E-state index is 15.7. The number of methoxy groups -OCH3 is 1. The van der Waals surface area contributed by atoms with Gasteiger partial charge in [0.25, 0.3) is 11.8 Å². The first-order chi connectivity index (χ1) is 16.8. The third kappa shape index (κ3) is 6.12. The highest BCUT2D eigenvalue weighted by Gasteiger charge is 2.59. The predicted octanol–water partition coefficient (Wildman–Crippen LogP) is 1.67. The van der Waals surface area contributed by atoms with E-state index in [1.165, 1.54) is 25.1 Å². The van der Waals surface area contributed by atoms with Crippen LogP contribution in [0, 0.1) is 0 Å². The summed E-state index contributed by atoms with van der Waals surface area (Å²) in [4.78, 5) is 49.8. The Morgan fingerprint density at radius 3 is 2.67 bits per heavy atom. The number of hydrogen-bond donors (Lipinski definition) is 2. The Kier molecular flexibility index (Phi) is 8.88. The van der Waals surface area contributed by atoms with E-state index in [1.54, 1.807) is 0 Å². The standard InChI is InChI=1S/C20H21Cl2FN3O9P/c1-9(16(29)32-3)25-36(31)35-17(33-10-4-5-11(21)12(22)8-10)14-15(28)20(2,23)18(34-14)26-7-6-13(27)24-19(26)30/h4-9,14-15,17-18,28H,1-3H3,(H,24,27,30)/t9-,14+,15+,17?,18+,20+/m0/s1. The molecule has 0 aliphatic carbocycles. The van der Waals surface area contributed by atoms with Crippen LogP contribution in [0.5, 0.6) is 5.75 Å². The monoisotopic (exact) mass is 567 g/mol. The van der Waals surface area contributed by atoms with Crippen LogP contribution < -0.4 is 20.9 Å². The first kappa shape index (κ1) is 28.2. The first-order valence-electron chi connectivity index (χ1n) is 10.2. The van der Waals surface area contributed by atoms with Gasteiger partial charge in [0.1, 0.15) is 11.9 Å². The van der Waals surface area contributed by atoms with Crippen LogP contribution in [0.2, 0.25) is 10.0 Å². The second-order valence-electron chi connectivity index (χ2n) is 7.79. The second-order valence-corrected chi connectivity index (χ2v) is 9.52. The molecule has 36 heavy (non-hydrogen) atoms. The molecule has 1 aromatic carbocycles. The van der Waals surface area contributed by atoms with Crippen LogP contribution in [0.4, 0.5) is 4.39 Å². The van der Waals surface area contributed by atoms with E-state index in [-0.39, 0.29) is 15.8 Å². The maximum atomic E-state index is 15.7. The number of aliphatic hydroxyl groups excluding tert-OH is 1. The van der Waals surface area contributed by atoms with Gasteiger partial charge in [0.05, 0.1) is 17.2 Å². The molecule has 1 aromatic heterocycles. The number of aliphatic hydroxyl groups is 1. The molecule has 1 fully saturated rings. The van der Waals surface area contributed by atoms with Crippen molar-refractivity contribution >= 4 is 37.3 Å². The van der Waals surface area contributed by atoms with Gasteiger partial charge >= 0.3 is 19.8 Å². The van der Waals surface area contributed by atoms with E-state index in [4.69, 9.17) is 37.2 Å². The van der Waals surface area contributed by atoms with E-state index in [2.05, 4.69) is 9.48 Å². The zero-order valence-electron chi connectivity index (χ0n) is 19.0. The molecule has 3 rings (SSSR count). The van der Waals surface area contributed by atoms with E-state index in [0.717, 1.165) is 30.9 Å². The fourth-order valence-corrected chi connectivity index (χ4v) is 4.35. The molecule has 1 aliphatic rings. The van der Waals surface area contributed by atoms with Gasteiger partial charge in [-0.3, -0.25) is 14.3 Å². The number of alkyl halides is 1. The van der Waals surface area contributed by atoms with Crippen LogP contribution in [0.15, 0.2) is 44.8 Å². The zero-order valence-corrected chi connectivity index (χ0v) is 21.4. The normalized spacial score (nSPS) is 25.9. The Morgan fingerprint density at radius 2 is 2.06 bits per heavy atom. The number of ether oxygens (including phenoxy) is 3. The van der Waals surface area contributed by atoms with Gasteiger partial charge in [-0.15, -0.1) is 4.52 Å². The Hall–Kier alpha value is -2.38. The molecule has 2 unspecified atom stereocenters. The summed E-state index contributed by atoms with van der Waals surface area (Å²) in [5.41, 5.74) is -4.34. The fraction of sp³-hybridized carbons (Fsp3) is 0.450. The molecule has 2 aromatic rings. The van der Waals surface area contributed by atoms with E-state index in [0.29, 0.717) is 0 Å². The lowest BCUT2D eigenvalue weighted by Crippen LogP contribution is -2.46. The van der Waals surface area contributed by atoms with Crippen LogP contribution in [0.25, 0.3) is 0 Å². The summed E-state index contributed by atoms with van der Waals surface area (Å²) in [5.74, 6) is -0.783. The largest absolute Gasteiger partial charge is 0.583 e. The van der Waals surface area contributed by atoms with Crippen molar-refractivity contribution in [1.29, 1.82) is 0 Å². The molecule has 0 bridgehead atoms. The van der Waals surface area contributed by atoms with E-state index < -0.39 is 61.8 Å². The number of benzene rings is 1. The van der Waals surface area contributed by atoms with Gasteiger partial charge < -0.3 is 24.2 Å². The SMILES string of the molecule is COC(=O)[C@H](C)/N=[P+](\[O-])OC(Oc1ccc(Cl)c(Cl)c1)[C@@H]1O[C@@H](n2ccc(=O)[nH]c2=O)[C@](C)(F)[C@@H]1O. The van der Waals surface area contributed by atoms with E-state index >= 15 is 4.39 Å². The number of nitrogens with zero attached hydrogens (tertiary/aromatic N) is 2. The average Bonchev–Trinajstić information content (AvgIpc) is 3.04. The second kappa shape index (κ2) is 11.3. The quantitative estimate of drug-likeness (QED) is 0.274. The number of carbonyl (C=O) groups excluding carboxylic acids is 1. The van der Waals surface area contributed by atoms with Crippen molar-refractivity contribution in [1.82, 2.24) is 9.55 Å². The van der Waals surface area contributed by atoms with Crippen molar-refractivity contribution in [3.63, 3.8) is 0 Å². The molecule has 2 N–H and O–H groups in total. The third-order valence-corrected chi connectivity index (χ3v) is 6.84. The van der Waals surface area contributed by atoms with Gasteiger partial charge in [0, 0.05) is 18.3 Å². The van der Waals surface area contributed by atoms with Gasteiger partial charge in [-0.1, -0.05) is 27.9 Å². The van der Waals surface area contributed by atoms with Crippen molar-refractivity contribution in [3.05, 3.63) is 61.3 Å². The maximum Gasteiger partial charge on any atom is 0.346 e. The van der Waals surface area contributed by atoms with Gasteiger partial charge in [0.2, 0.25) is 0 Å². The highest BCUT2D eigenvalue weighted by molar-refractivity contribution is 7.33. The molecular weight excluding hydrogens is 547 g/mol. The summed E-state index contributed by atoms with van der Waals surface area (Å²) < 4.78 is 41.1. The van der Waals surface area contributed by atoms with Gasteiger partial charge in [-0.25, -0.2) is 14.0 Å². The Bertz CT molecular complexity index is 1270. The van der Waals surface area contributed by atoms with E-state index in [1.807, 2.05) is 4.98 Å². The van der Waals surface area contributed by atoms with Crippen molar-refractivity contribution in [2.24, 2.45) is 4.74 Å². The summed E-state index contributed by atoms with van der Waals surface area (Å²) in [6.07, 6.45) is -6.21. The molecule has 1 saturated heterocycles. The summed E-state index contributed by atoms with van der Waals surface area (Å²) in [6.45, 7) is 2.26. The summed E-state index contributed by atoms with van der Waals surface area (Å²) in [5, 5.41) is 11.0. The fourth-order valence-electron chi connectivity index (χ4n) is 3.29. The number of rotatable bonds is 8. The number of nitrogens with one attached hydrogen (secondary N) is 1. The molecule has 0 radical (unpaired) electrons. The minimum Gasteiger partial charge on any atom is -0.583 e. The Balaban J connectivity index is 1.98. The lowest BCUT2D eigenvalue weighted by molar-refractivity contribution is -0.206. The smallest absolute Gasteiger partial charge is 0.346 e. The third-order valence-electron chi connectivity index (χ3n) is 5.18. The van der Waals surface area contributed by atoms with Gasteiger partial charge in [-0.05, 0) is 26.0 Å². The zero-order chi connectivity index (χ0) is 26.8. The Labute approximate surface area is 214 Å². The van der Waals surface area contributed by atoms with Crippen LogP contribution in [-0.2, 0) is 18.8 Å². The molecule has 0 amide bonds. The summed E-state index contributed by atoms with van der Waals surface area (Å²) in [7, 11) is -1.88. The number of aromatic amines is 1. The number of aromatic nitrogens is 2. The average molecular weight is 568 g/mol. The number of esters is 1. The highest BCUT2D eigenvalue weighted by atomic mass is 35.5. The molecule has 16 heteroatoms. The molecule has 0 spiro atoms. The predicted molar refractivity (Wildman–Crippen MR) is 124 cm³/mol. The molecular formula is C20H21Cl2FN3O9P. The minimum atomic E-state index is -2.99. The lowest BCUT2D eigenvalue weighted by Gasteiger charge is -2.25. The topological polar surface area (TPSA) is 164 Å². The molecule has 196 valence electrons. The van der Waals surface area contributed by atoms with Crippen LogP contribution >= 0.6 is 31.4 Å². The van der Waals surface area contributed by atoms with Crippen LogP contribution in [0.1, 0.15) is 20.1 Å². The number of halogens is 3. The van der Waals surface area contributed by atoms with Gasteiger partial charge in [-0.2, -0.15) is 0 Å². The minimum absolute atomic E-state index is 0.0137. The molecule has 0 saturated carbocycles. The lowest BCUT2D eigenvalue weighted by atomic mass is 9.98. The van der Waals surface area contributed by atoms with E-state index in [9.17, 15) is 24.4 Å². The highest BCUT2D eigenvalue weighted by Crippen LogP contribution is 2.43. The van der Waals surface area contributed by atoms with Crippen LogP contribution in [-0.4, -0.2) is 57.9 Å². The molecule has 12 nitrogen and oxygen atoms in total. The Morgan fingerprint density at radius 1 is 1.36 bits per heavy atom. The molecule has 1 aliphatic heterocycles. The van der Waals surface area contributed by atoms with Crippen molar-refractivity contribution in [2.45, 2.75) is 50.3 Å². The van der Waals surface area contributed by atoms with Gasteiger partial charge in [0.15, 0.2) is 24.0 Å².